The van der Waals surface area contributed by atoms with Crippen LogP contribution >= 0.6 is 11.3 Å². The number of hydrogen-bond acceptors (Lipinski definition) is 6. The Morgan fingerprint density at radius 3 is 2.44 bits per heavy atom. The monoisotopic (exact) mass is 627 g/mol. The van der Waals surface area contributed by atoms with E-state index in [1.54, 1.807) is 17.9 Å². The van der Waals surface area contributed by atoms with Crippen molar-refractivity contribution in [2.75, 3.05) is 6.54 Å². The number of carbonyl (C=O) groups is 4. The van der Waals surface area contributed by atoms with Crippen LogP contribution in [0.4, 0.5) is 0 Å². The Kier molecular flexibility index (Phi) is 8.52. The van der Waals surface area contributed by atoms with Gasteiger partial charge in [-0.25, -0.2) is 4.98 Å². The quantitative estimate of drug-likeness (QED) is 0.216. The highest BCUT2D eigenvalue weighted by Gasteiger charge is 2.53. The minimum absolute atomic E-state index is 0.0175. The minimum atomic E-state index is -0.822. The fourth-order valence-corrected chi connectivity index (χ4v) is 7.96. The number of rotatable bonds is 8. The third kappa shape index (κ3) is 6.00. The molecule has 1 aliphatic carbocycles. The zero-order valence-corrected chi connectivity index (χ0v) is 27.1. The number of nitrogens with one attached hydrogen (secondary N) is 3. The minimum Gasteiger partial charge on any atom is -0.351 e. The predicted octanol–water partition coefficient (Wildman–Crippen LogP) is 5.72. The molecule has 236 valence electrons. The first-order chi connectivity index (χ1) is 21.5. The highest BCUT2D eigenvalue weighted by molar-refractivity contribution is 7.20. The van der Waals surface area contributed by atoms with Gasteiger partial charge < -0.3 is 20.5 Å². The molecule has 1 aliphatic heterocycles. The molecule has 2 aromatic carbocycles. The maximum atomic E-state index is 14.5. The molecule has 9 nitrogen and oxygen atoms in total. The van der Waals surface area contributed by atoms with E-state index in [2.05, 4.69) is 20.6 Å². The average molecular weight is 628 g/mol. The van der Waals surface area contributed by atoms with Gasteiger partial charge in [0.25, 0.3) is 5.91 Å². The lowest BCUT2D eigenvalue weighted by molar-refractivity contribution is -0.143. The molecule has 2 aliphatic rings. The molecule has 6 rings (SSSR count). The summed E-state index contributed by atoms with van der Waals surface area (Å²) in [5.41, 5.74) is 1.44. The summed E-state index contributed by atoms with van der Waals surface area (Å²) in [6.07, 6.45) is 4.76. The number of likely N-dealkylation sites (tertiary alicyclic amines) is 1. The molecule has 45 heavy (non-hydrogen) atoms. The maximum absolute atomic E-state index is 14.5. The number of thiazole rings is 1. The Bertz CT molecular complexity index is 1690. The summed E-state index contributed by atoms with van der Waals surface area (Å²) < 4.78 is 0.908. The topological polar surface area (TPSA) is 124 Å². The third-order valence-corrected chi connectivity index (χ3v) is 11.0. The van der Waals surface area contributed by atoms with Gasteiger partial charge in [0, 0.05) is 17.4 Å². The van der Waals surface area contributed by atoms with Crippen molar-refractivity contribution in [1.29, 1.82) is 0 Å². The molecule has 4 aromatic rings. The highest BCUT2D eigenvalue weighted by atomic mass is 32.1. The molecular weight excluding hydrogens is 586 g/mol. The standard InChI is InChI=1S/C35H41N5O4S/c1-20-19-40(30(35(20,3)4)32(43)36-21(2)29(41)33-38-25-16-10-11-17-27(25)45-33)34(44)28(22-12-6-5-7-13-22)39-31(42)26-18-23-14-8-9-15-24(23)37-26/h8-11,14-18,20-22,28,30,37H,5-7,12-13,19H2,1-4H3,(H,36,43)(H,39,42)/t20-,21?,28?,30-/m1/s1. The van der Waals surface area contributed by atoms with E-state index in [1.165, 1.54) is 11.3 Å². The van der Waals surface area contributed by atoms with Gasteiger partial charge in [0.2, 0.25) is 17.6 Å². The second-order valence-corrected chi connectivity index (χ2v) is 14.3. The number of nitrogens with zero attached hydrogens (tertiary/aromatic N) is 2. The molecular formula is C35H41N5O4S. The van der Waals surface area contributed by atoms with Crippen molar-refractivity contribution < 1.29 is 19.2 Å². The zero-order valence-electron chi connectivity index (χ0n) is 26.3. The smallest absolute Gasteiger partial charge is 0.268 e. The number of Topliss-reactive ketones (excluding diaryl/α,β-unsaturated/α-hetero) is 1. The molecule has 2 unspecified atom stereocenters. The van der Waals surface area contributed by atoms with Crippen molar-refractivity contribution in [3.05, 3.63) is 65.3 Å². The lowest BCUT2D eigenvalue weighted by Crippen LogP contribution is -2.59. The van der Waals surface area contributed by atoms with Crippen LogP contribution in [-0.4, -0.2) is 63.0 Å². The number of aromatic amines is 1. The van der Waals surface area contributed by atoms with Crippen LogP contribution in [0.15, 0.2) is 54.6 Å². The largest absolute Gasteiger partial charge is 0.351 e. The van der Waals surface area contributed by atoms with Crippen LogP contribution < -0.4 is 10.6 Å². The van der Waals surface area contributed by atoms with Gasteiger partial charge in [-0.3, -0.25) is 19.2 Å². The van der Waals surface area contributed by atoms with Crippen LogP contribution in [0, 0.1) is 17.3 Å². The molecule has 3 N–H and O–H groups in total. The molecule has 3 heterocycles. The van der Waals surface area contributed by atoms with Gasteiger partial charge in [0.15, 0.2) is 5.01 Å². The zero-order chi connectivity index (χ0) is 31.9. The van der Waals surface area contributed by atoms with Gasteiger partial charge in [0.1, 0.15) is 17.8 Å². The predicted molar refractivity (Wildman–Crippen MR) is 176 cm³/mol. The lowest BCUT2D eigenvalue weighted by atomic mass is 9.77. The van der Waals surface area contributed by atoms with E-state index in [9.17, 15) is 19.2 Å². The van der Waals surface area contributed by atoms with Crippen molar-refractivity contribution in [2.45, 2.75) is 77.9 Å². The van der Waals surface area contributed by atoms with Crippen molar-refractivity contribution >= 4 is 56.0 Å². The summed E-state index contributed by atoms with van der Waals surface area (Å²) in [5, 5.41) is 7.26. The number of amides is 3. The molecule has 4 atom stereocenters. The summed E-state index contributed by atoms with van der Waals surface area (Å²) in [5.74, 6) is -1.22. The van der Waals surface area contributed by atoms with E-state index in [0.717, 1.165) is 53.2 Å². The third-order valence-electron chi connectivity index (χ3n) is 9.99. The first-order valence-electron chi connectivity index (χ1n) is 15.9. The van der Waals surface area contributed by atoms with Gasteiger partial charge >= 0.3 is 0 Å². The van der Waals surface area contributed by atoms with Crippen LogP contribution in [0.2, 0.25) is 0 Å². The number of hydrogen-bond donors (Lipinski definition) is 3. The Morgan fingerprint density at radius 1 is 1.00 bits per heavy atom. The molecule has 10 heteroatoms. The molecule has 0 spiro atoms. The number of benzene rings is 2. The molecule has 1 saturated heterocycles. The number of ketones is 1. The Morgan fingerprint density at radius 2 is 1.71 bits per heavy atom. The summed E-state index contributed by atoms with van der Waals surface area (Å²) in [4.78, 5) is 64.8. The molecule has 1 saturated carbocycles. The van der Waals surface area contributed by atoms with Crippen molar-refractivity contribution in [2.24, 2.45) is 17.3 Å². The van der Waals surface area contributed by atoms with E-state index < -0.39 is 23.5 Å². The van der Waals surface area contributed by atoms with E-state index in [1.807, 2.05) is 69.3 Å². The first kappa shape index (κ1) is 31.0. The van der Waals surface area contributed by atoms with Crippen LogP contribution in [-0.2, 0) is 9.59 Å². The van der Waals surface area contributed by atoms with E-state index in [4.69, 9.17) is 0 Å². The fourth-order valence-electron chi connectivity index (χ4n) is 6.97. The Labute approximate surface area is 267 Å². The first-order valence-corrected chi connectivity index (χ1v) is 16.8. The van der Waals surface area contributed by atoms with Crippen LogP contribution in [0.25, 0.3) is 21.1 Å². The number of fused-ring (bicyclic) bond motifs is 2. The number of carbonyl (C=O) groups excluding carboxylic acids is 4. The van der Waals surface area contributed by atoms with Gasteiger partial charge in [-0.2, -0.15) is 0 Å². The van der Waals surface area contributed by atoms with Crippen LogP contribution in [0.1, 0.15) is 80.1 Å². The number of para-hydroxylation sites is 2. The summed E-state index contributed by atoms with van der Waals surface area (Å²) in [6.45, 7) is 8.08. The second kappa shape index (κ2) is 12.4. The van der Waals surface area contributed by atoms with Crippen molar-refractivity contribution in [1.82, 2.24) is 25.5 Å². The lowest BCUT2D eigenvalue weighted by Gasteiger charge is -2.37. The van der Waals surface area contributed by atoms with Gasteiger partial charge in [-0.05, 0) is 61.3 Å². The van der Waals surface area contributed by atoms with E-state index in [0.29, 0.717) is 17.2 Å². The van der Waals surface area contributed by atoms with Gasteiger partial charge in [0.05, 0.1) is 16.3 Å². The molecule has 2 aromatic heterocycles. The summed E-state index contributed by atoms with van der Waals surface area (Å²) >= 11 is 1.30. The summed E-state index contributed by atoms with van der Waals surface area (Å²) in [7, 11) is 0. The molecule has 2 fully saturated rings. The van der Waals surface area contributed by atoms with Gasteiger partial charge in [-0.15, -0.1) is 11.3 Å². The highest BCUT2D eigenvalue weighted by Crippen LogP contribution is 2.42. The maximum Gasteiger partial charge on any atom is 0.268 e. The SMILES string of the molecule is CC(NC(=O)[C@H]1N(C(=O)C(NC(=O)c2cc3ccccc3[nH]2)C2CCCCC2)C[C@@H](C)C1(C)C)C(=O)c1nc2ccccc2s1. The van der Waals surface area contributed by atoms with E-state index in [-0.39, 0.29) is 35.3 Å². The van der Waals surface area contributed by atoms with Gasteiger partial charge in [-0.1, -0.05) is 70.4 Å². The molecule has 0 radical (unpaired) electrons. The average Bonchev–Trinajstić information content (AvgIpc) is 3.73. The molecule has 0 bridgehead atoms. The normalized spacial score (nSPS) is 21.5. The number of aromatic nitrogens is 2. The van der Waals surface area contributed by atoms with Crippen molar-refractivity contribution in [3.8, 4) is 0 Å². The second-order valence-electron chi connectivity index (χ2n) is 13.3. The van der Waals surface area contributed by atoms with Crippen LogP contribution in [0.3, 0.4) is 0 Å². The summed E-state index contributed by atoms with van der Waals surface area (Å²) in [6, 6.07) is 14.6. The molecule has 3 amide bonds. The number of H-pyrrole nitrogens is 1. The van der Waals surface area contributed by atoms with Crippen LogP contribution in [0.5, 0.6) is 0 Å². The van der Waals surface area contributed by atoms with Crippen molar-refractivity contribution in [3.63, 3.8) is 0 Å². The van der Waals surface area contributed by atoms with E-state index >= 15 is 0 Å². The fraction of sp³-hybridized carbons (Fsp3) is 0.457. The Balaban J connectivity index is 1.24. The Hall–Kier alpha value is -4.05.